The van der Waals surface area contributed by atoms with Crippen LogP contribution in [0.4, 0.5) is 5.69 Å². The fourth-order valence-corrected chi connectivity index (χ4v) is 2.27. The van der Waals surface area contributed by atoms with E-state index in [4.69, 9.17) is 11.6 Å². The van der Waals surface area contributed by atoms with Crippen LogP contribution in [0.15, 0.2) is 47.4 Å². The fraction of sp³-hybridized carbons (Fsp3) is 0.188. The van der Waals surface area contributed by atoms with Gasteiger partial charge in [-0.05, 0) is 41.8 Å². The van der Waals surface area contributed by atoms with Crippen molar-refractivity contribution in [2.75, 3.05) is 5.32 Å². The Kier molecular flexibility index (Phi) is 4.73. The molecule has 4 heteroatoms. The zero-order chi connectivity index (χ0) is 14.7. The molecule has 104 valence electrons. The Bertz CT molecular complexity index is 640. The van der Waals surface area contributed by atoms with E-state index < -0.39 is 0 Å². The molecule has 0 bridgehead atoms. The van der Waals surface area contributed by atoms with Crippen LogP contribution in [0.1, 0.15) is 35.7 Å². The van der Waals surface area contributed by atoms with Gasteiger partial charge in [-0.2, -0.15) is 0 Å². The van der Waals surface area contributed by atoms with Crippen molar-refractivity contribution in [2.45, 2.75) is 24.7 Å². The van der Waals surface area contributed by atoms with Crippen LogP contribution in [0, 0.1) is 0 Å². The molecule has 0 aliphatic rings. The van der Waals surface area contributed by atoms with Crippen LogP contribution in [0.3, 0.4) is 0 Å². The van der Waals surface area contributed by atoms with Crippen molar-refractivity contribution in [3.05, 3.63) is 58.6 Å². The zero-order valence-corrected chi connectivity index (χ0v) is 13.0. The maximum absolute atomic E-state index is 12.2. The van der Waals surface area contributed by atoms with Gasteiger partial charge in [-0.1, -0.05) is 37.6 Å². The second-order valence-corrected chi connectivity index (χ2v) is 5.82. The molecule has 2 nitrogen and oxygen atoms in total. The lowest BCUT2D eigenvalue weighted by Crippen LogP contribution is -2.12. The Morgan fingerprint density at radius 3 is 2.65 bits per heavy atom. The minimum atomic E-state index is -0.230. The molecule has 0 fully saturated rings. The number of amides is 1. The number of carbonyl (C=O) groups excluding carboxylic acids is 1. The topological polar surface area (TPSA) is 29.1 Å². The largest absolute Gasteiger partial charge is 0.322 e. The molecular formula is C16H16ClNOS. The summed E-state index contributed by atoms with van der Waals surface area (Å²) in [7, 11) is 0. The number of thiol groups is 1. The first-order valence-corrected chi connectivity index (χ1v) is 7.19. The van der Waals surface area contributed by atoms with E-state index in [2.05, 4.69) is 31.8 Å². The minimum absolute atomic E-state index is 0.230. The monoisotopic (exact) mass is 305 g/mol. The van der Waals surface area contributed by atoms with Gasteiger partial charge in [0, 0.05) is 10.6 Å². The van der Waals surface area contributed by atoms with Gasteiger partial charge in [0.05, 0.1) is 10.6 Å². The summed E-state index contributed by atoms with van der Waals surface area (Å²) in [6.45, 7) is 4.23. The van der Waals surface area contributed by atoms with Gasteiger partial charge in [0.1, 0.15) is 0 Å². The van der Waals surface area contributed by atoms with E-state index >= 15 is 0 Å². The van der Waals surface area contributed by atoms with E-state index in [1.54, 1.807) is 18.2 Å². The van der Waals surface area contributed by atoms with Crippen molar-refractivity contribution in [2.24, 2.45) is 0 Å². The lowest BCUT2D eigenvalue weighted by Gasteiger charge is -2.10. The summed E-state index contributed by atoms with van der Waals surface area (Å²) in [5.74, 6) is 0.183. The Labute approximate surface area is 129 Å². The molecule has 0 saturated heterocycles. The number of carbonyl (C=O) groups is 1. The van der Waals surface area contributed by atoms with Crippen molar-refractivity contribution in [1.82, 2.24) is 0 Å². The molecule has 1 amide bonds. The van der Waals surface area contributed by atoms with Gasteiger partial charge >= 0.3 is 0 Å². The SMILES string of the molecule is CC(C)c1cccc(NC(=O)c2cc(S)ccc2Cl)c1. The number of halogens is 1. The predicted molar refractivity (Wildman–Crippen MR) is 87.2 cm³/mol. The number of anilines is 1. The molecular weight excluding hydrogens is 290 g/mol. The van der Waals surface area contributed by atoms with E-state index in [0.29, 0.717) is 21.4 Å². The average Bonchev–Trinajstić information content (AvgIpc) is 2.41. The summed E-state index contributed by atoms with van der Waals surface area (Å²) in [6.07, 6.45) is 0. The predicted octanol–water partition coefficient (Wildman–Crippen LogP) is 5.00. The molecule has 20 heavy (non-hydrogen) atoms. The van der Waals surface area contributed by atoms with Crippen molar-refractivity contribution in [3.8, 4) is 0 Å². The molecule has 0 atom stereocenters. The van der Waals surface area contributed by atoms with Crippen molar-refractivity contribution < 1.29 is 4.79 Å². The first-order valence-electron chi connectivity index (χ1n) is 6.37. The molecule has 0 aromatic heterocycles. The van der Waals surface area contributed by atoms with E-state index in [0.717, 1.165) is 5.69 Å². The molecule has 0 aliphatic carbocycles. The van der Waals surface area contributed by atoms with E-state index in [-0.39, 0.29) is 5.91 Å². The van der Waals surface area contributed by atoms with Gasteiger partial charge in [0.15, 0.2) is 0 Å². The van der Waals surface area contributed by atoms with E-state index in [1.165, 1.54) is 5.56 Å². The summed E-state index contributed by atoms with van der Waals surface area (Å²) in [5.41, 5.74) is 2.37. The fourth-order valence-electron chi connectivity index (χ4n) is 1.86. The first kappa shape index (κ1) is 14.9. The molecule has 0 unspecified atom stereocenters. The zero-order valence-electron chi connectivity index (χ0n) is 11.4. The van der Waals surface area contributed by atoms with Crippen LogP contribution in [0.25, 0.3) is 0 Å². The second kappa shape index (κ2) is 6.33. The van der Waals surface area contributed by atoms with Crippen LogP contribution in [0.5, 0.6) is 0 Å². The molecule has 2 aromatic carbocycles. The van der Waals surface area contributed by atoms with Gasteiger partial charge in [0.2, 0.25) is 0 Å². The van der Waals surface area contributed by atoms with Crippen LogP contribution in [0.2, 0.25) is 5.02 Å². The van der Waals surface area contributed by atoms with Crippen LogP contribution < -0.4 is 5.32 Å². The van der Waals surface area contributed by atoms with Crippen LogP contribution in [-0.2, 0) is 0 Å². The Morgan fingerprint density at radius 2 is 1.95 bits per heavy atom. The highest BCUT2D eigenvalue weighted by molar-refractivity contribution is 7.80. The quantitative estimate of drug-likeness (QED) is 0.767. The number of benzene rings is 2. The number of nitrogens with one attached hydrogen (secondary N) is 1. The molecule has 1 N–H and O–H groups in total. The molecule has 0 radical (unpaired) electrons. The lowest BCUT2D eigenvalue weighted by molar-refractivity contribution is 0.102. The number of rotatable bonds is 3. The third kappa shape index (κ3) is 3.56. The highest BCUT2D eigenvalue weighted by Gasteiger charge is 2.11. The highest BCUT2D eigenvalue weighted by atomic mass is 35.5. The third-order valence-corrected chi connectivity index (χ3v) is 3.61. The summed E-state index contributed by atoms with van der Waals surface area (Å²) >= 11 is 10.3. The normalized spacial score (nSPS) is 10.7. The van der Waals surface area contributed by atoms with Crippen LogP contribution in [-0.4, -0.2) is 5.91 Å². The molecule has 0 aliphatic heterocycles. The van der Waals surface area contributed by atoms with Gasteiger partial charge in [-0.15, -0.1) is 12.6 Å². The maximum atomic E-state index is 12.2. The summed E-state index contributed by atoms with van der Waals surface area (Å²) < 4.78 is 0. The number of hydrogen-bond acceptors (Lipinski definition) is 2. The van der Waals surface area contributed by atoms with Crippen LogP contribution >= 0.6 is 24.2 Å². The molecule has 2 aromatic rings. The lowest BCUT2D eigenvalue weighted by atomic mass is 10.0. The van der Waals surface area contributed by atoms with Crippen molar-refractivity contribution in [1.29, 1.82) is 0 Å². The van der Waals surface area contributed by atoms with Crippen molar-refractivity contribution >= 4 is 35.8 Å². The summed E-state index contributed by atoms with van der Waals surface area (Å²) in [6, 6.07) is 12.9. The minimum Gasteiger partial charge on any atom is -0.322 e. The van der Waals surface area contributed by atoms with E-state index in [9.17, 15) is 4.79 Å². The smallest absolute Gasteiger partial charge is 0.257 e. The Morgan fingerprint density at radius 1 is 1.20 bits per heavy atom. The Balaban J connectivity index is 2.23. The highest BCUT2D eigenvalue weighted by Crippen LogP contribution is 2.22. The third-order valence-electron chi connectivity index (χ3n) is 3.01. The average molecular weight is 306 g/mol. The van der Waals surface area contributed by atoms with E-state index in [1.807, 2.05) is 24.3 Å². The molecule has 0 heterocycles. The Hall–Kier alpha value is -1.45. The first-order chi connectivity index (χ1) is 9.47. The van der Waals surface area contributed by atoms with Gasteiger partial charge in [0.25, 0.3) is 5.91 Å². The maximum Gasteiger partial charge on any atom is 0.257 e. The van der Waals surface area contributed by atoms with Gasteiger partial charge in [-0.25, -0.2) is 0 Å². The molecule has 0 spiro atoms. The summed E-state index contributed by atoms with van der Waals surface area (Å²) in [4.78, 5) is 12.9. The van der Waals surface area contributed by atoms with Gasteiger partial charge < -0.3 is 5.32 Å². The molecule has 0 saturated carbocycles. The standard InChI is InChI=1S/C16H16ClNOS/c1-10(2)11-4-3-5-12(8-11)18-16(19)14-9-13(20)6-7-15(14)17/h3-10,20H,1-2H3,(H,18,19). The van der Waals surface area contributed by atoms with Crippen molar-refractivity contribution in [3.63, 3.8) is 0 Å². The molecule has 2 rings (SSSR count). The number of hydrogen-bond donors (Lipinski definition) is 2. The van der Waals surface area contributed by atoms with Gasteiger partial charge in [-0.3, -0.25) is 4.79 Å². The summed E-state index contributed by atoms with van der Waals surface area (Å²) in [5, 5.41) is 3.28. The second-order valence-electron chi connectivity index (χ2n) is 4.90.